The van der Waals surface area contributed by atoms with Crippen LogP contribution in [0.2, 0.25) is 0 Å². The summed E-state index contributed by atoms with van der Waals surface area (Å²) in [6.45, 7) is 8.21. The van der Waals surface area contributed by atoms with Crippen molar-refractivity contribution >= 4 is 5.91 Å². The molecule has 0 aromatic carbocycles. The van der Waals surface area contributed by atoms with E-state index < -0.39 is 0 Å². The van der Waals surface area contributed by atoms with E-state index in [1.807, 2.05) is 15.7 Å². The highest BCUT2D eigenvalue weighted by molar-refractivity contribution is 5.76. The van der Waals surface area contributed by atoms with Gasteiger partial charge in [-0.2, -0.15) is 0 Å². The zero-order chi connectivity index (χ0) is 13.1. The lowest BCUT2D eigenvalue weighted by atomic mass is 10.2. The zero-order valence-corrected chi connectivity index (χ0v) is 11.5. The Balaban J connectivity index is 1.96. The Hall–Kier alpha value is -1.36. The van der Waals surface area contributed by atoms with Crippen molar-refractivity contribution in [2.24, 2.45) is 0 Å². The molecule has 1 aliphatic rings. The van der Waals surface area contributed by atoms with Crippen molar-refractivity contribution in [1.29, 1.82) is 0 Å². The van der Waals surface area contributed by atoms with Crippen LogP contribution in [0.1, 0.15) is 25.6 Å². The maximum absolute atomic E-state index is 12.2. The first-order valence-electron chi connectivity index (χ1n) is 6.55. The second-order valence-electron chi connectivity index (χ2n) is 5.25. The van der Waals surface area contributed by atoms with Crippen molar-refractivity contribution in [3.8, 4) is 0 Å². The number of aromatic nitrogens is 2. The molecule has 5 heteroatoms. The number of rotatable bonds is 3. The van der Waals surface area contributed by atoms with Crippen LogP contribution in [-0.4, -0.2) is 58.5 Å². The van der Waals surface area contributed by atoms with Gasteiger partial charge in [-0.1, -0.05) is 13.8 Å². The summed E-state index contributed by atoms with van der Waals surface area (Å²) in [5.41, 5.74) is 0. The summed E-state index contributed by atoms with van der Waals surface area (Å²) in [7, 11) is 2.09. The Morgan fingerprint density at radius 1 is 1.33 bits per heavy atom. The molecule has 1 fully saturated rings. The summed E-state index contributed by atoms with van der Waals surface area (Å²) in [6.07, 6.45) is 3.66. The number of imidazole rings is 1. The van der Waals surface area contributed by atoms with Gasteiger partial charge in [-0.15, -0.1) is 0 Å². The van der Waals surface area contributed by atoms with Crippen LogP contribution < -0.4 is 0 Å². The standard InChI is InChI=1S/C13H22N4O/c1-11(2)13-14-4-5-17(13)10-12(18)16-8-6-15(3)7-9-16/h4-5,11H,6-10H2,1-3H3. The molecule has 18 heavy (non-hydrogen) atoms. The second-order valence-corrected chi connectivity index (χ2v) is 5.25. The van der Waals surface area contributed by atoms with Crippen molar-refractivity contribution in [3.05, 3.63) is 18.2 Å². The number of carbonyl (C=O) groups excluding carboxylic acids is 1. The van der Waals surface area contributed by atoms with E-state index in [0.29, 0.717) is 12.5 Å². The van der Waals surface area contributed by atoms with E-state index in [2.05, 4.69) is 30.8 Å². The maximum atomic E-state index is 12.2. The average Bonchev–Trinajstić information content (AvgIpc) is 2.78. The first-order valence-corrected chi connectivity index (χ1v) is 6.55. The lowest BCUT2D eigenvalue weighted by Crippen LogP contribution is -2.48. The number of likely N-dealkylation sites (N-methyl/N-ethyl adjacent to an activating group) is 1. The van der Waals surface area contributed by atoms with Crippen LogP contribution in [0.15, 0.2) is 12.4 Å². The van der Waals surface area contributed by atoms with Crippen molar-refractivity contribution in [2.45, 2.75) is 26.3 Å². The second kappa shape index (κ2) is 5.52. The molecule has 0 unspecified atom stereocenters. The molecule has 0 radical (unpaired) electrons. The molecule has 1 aliphatic heterocycles. The largest absolute Gasteiger partial charge is 0.339 e. The van der Waals surface area contributed by atoms with Crippen LogP contribution in [0.5, 0.6) is 0 Å². The van der Waals surface area contributed by atoms with E-state index in [4.69, 9.17) is 0 Å². The van der Waals surface area contributed by atoms with Crippen LogP contribution in [0.25, 0.3) is 0 Å². The molecule has 0 bridgehead atoms. The SMILES string of the molecule is CC(C)c1nccn1CC(=O)N1CCN(C)CC1. The molecule has 0 N–H and O–H groups in total. The van der Waals surface area contributed by atoms with E-state index in [1.165, 1.54) is 0 Å². The molecule has 5 nitrogen and oxygen atoms in total. The third-order valence-electron chi connectivity index (χ3n) is 3.43. The van der Waals surface area contributed by atoms with E-state index in [0.717, 1.165) is 32.0 Å². The minimum atomic E-state index is 0.197. The summed E-state index contributed by atoms with van der Waals surface area (Å²) in [6, 6.07) is 0. The summed E-state index contributed by atoms with van der Waals surface area (Å²) in [5, 5.41) is 0. The van der Waals surface area contributed by atoms with Gasteiger partial charge in [-0.25, -0.2) is 4.98 Å². The van der Waals surface area contributed by atoms with Gasteiger partial charge in [0.2, 0.25) is 5.91 Å². The van der Waals surface area contributed by atoms with E-state index in [1.54, 1.807) is 6.20 Å². The highest BCUT2D eigenvalue weighted by Crippen LogP contribution is 2.12. The van der Waals surface area contributed by atoms with Crippen molar-refractivity contribution in [1.82, 2.24) is 19.4 Å². The highest BCUT2D eigenvalue weighted by atomic mass is 16.2. The van der Waals surface area contributed by atoms with E-state index >= 15 is 0 Å². The third kappa shape index (κ3) is 2.90. The molecule has 2 heterocycles. The molecule has 0 spiro atoms. The number of nitrogens with zero attached hydrogens (tertiary/aromatic N) is 4. The van der Waals surface area contributed by atoms with Gasteiger partial charge in [0.1, 0.15) is 12.4 Å². The topological polar surface area (TPSA) is 41.4 Å². The van der Waals surface area contributed by atoms with Crippen LogP contribution in [0, 0.1) is 0 Å². The van der Waals surface area contributed by atoms with Gasteiger partial charge in [0.25, 0.3) is 0 Å². The molecule has 1 aromatic rings. The molecule has 1 aromatic heterocycles. The molecule has 2 rings (SSSR count). The van der Waals surface area contributed by atoms with E-state index in [9.17, 15) is 4.79 Å². The molecular weight excluding hydrogens is 228 g/mol. The van der Waals surface area contributed by atoms with Gasteiger partial charge in [0.05, 0.1) is 0 Å². The molecule has 0 aliphatic carbocycles. The van der Waals surface area contributed by atoms with Crippen LogP contribution in [-0.2, 0) is 11.3 Å². The van der Waals surface area contributed by atoms with Gasteiger partial charge in [-0.05, 0) is 7.05 Å². The average molecular weight is 250 g/mol. The fraction of sp³-hybridized carbons (Fsp3) is 0.692. The van der Waals surface area contributed by atoms with Gasteiger partial charge in [-0.3, -0.25) is 4.79 Å². The van der Waals surface area contributed by atoms with Crippen molar-refractivity contribution in [3.63, 3.8) is 0 Å². The minimum absolute atomic E-state index is 0.197. The Kier molecular flexibility index (Phi) is 4.01. The Morgan fingerprint density at radius 2 is 2.00 bits per heavy atom. The van der Waals surface area contributed by atoms with Gasteiger partial charge < -0.3 is 14.4 Å². The number of amides is 1. The molecule has 1 saturated heterocycles. The summed E-state index contributed by atoms with van der Waals surface area (Å²) in [5.74, 6) is 1.53. The van der Waals surface area contributed by atoms with Gasteiger partial charge in [0, 0.05) is 44.5 Å². The van der Waals surface area contributed by atoms with E-state index in [-0.39, 0.29) is 5.91 Å². The number of hydrogen-bond donors (Lipinski definition) is 0. The lowest BCUT2D eigenvalue weighted by molar-refractivity contribution is -0.133. The van der Waals surface area contributed by atoms with Gasteiger partial charge in [0.15, 0.2) is 0 Å². The molecule has 100 valence electrons. The number of hydrogen-bond acceptors (Lipinski definition) is 3. The minimum Gasteiger partial charge on any atom is -0.339 e. The quantitative estimate of drug-likeness (QED) is 0.796. The first-order chi connectivity index (χ1) is 8.58. The molecule has 0 atom stereocenters. The first kappa shape index (κ1) is 13.1. The Bertz CT molecular complexity index is 405. The monoisotopic (exact) mass is 250 g/mol. The maximum Gasteiger partial charge on any atom is 0.242 e. The number of piperazine rings is 1. The van der Waals surface area contributed by atoms with Crippen molar-refractivity contribution < 1.29 is 4.79 Å². The van der Waals surface area contributed by atoms with Crippen LogP contribution >= 0.6 is 0 Å². The van der Waals surface area contributed by atoms with Gasteiger partial charge >= 0.3 is 0 Å². The molecular formula is C13H22N4O. The third-order valence-corrected chi connectivity index (χ3v) is 3.43. The Morgan fingerprint density at radius 3 is 2.61 bits per heavy atom. The summed E-state index contributed by atoms with van der Waals surface area (Å²) >= 11 is 0. The summed E-state index contributed by atoms with van der Waals surface area (Å²) in [4.78, 5) is 20.7. The zero-order valence-electron chi connectivity index (χ0n) is 11.5. The molecule has 1 amide bonds. The normalized spacial score (nSPS) is 17.4. The summed E-state index contributed by atoms with van der Waals surface area (Å²) < 4.78 is 1.96. The predicted octanol–water partition coefficient (Wildman–Crippen LogP) is 0.780. The van der Waals surface area contributed by atoms with Crippen LogP contribution in [0.4, 0.5) is 0 Å². The van der Waals surface area contributed by atoms with Crippen LogP contribution in [0.3, 0.4) is 0 Å². The lowest BCUT2D eigenvalue weighted by Gasteiger charge is -2.32. The fourth-order valence-corrected chi connectivity index (χ4v) is 2.26. The van der Waals surface area contributed by atoms with Crippen molar-refractivity contribution in [2.75, 3.05) is 33.2 Å². The highest BCUT2D eigenvalue weighted by Gasteiger charge is 2.20. The molecule has 0 saturated carbocycles. The fourth-order valence-electron chi connectivity index (χ4n) is 2.26. The predicted molar refractivity (Wildman–Crippen MR) is 70.4 cm³/mol. The number of carbonyl (C=O) groups is 1. The smallest absolute Gasteiger partial charge is 0.242 e. The Labute approximate surface area is 108 Å².